The molecule has 2 nitrogen and oxygen atoms in total. The first-order chi connectivity index (χ1) is 6.77. The predicted octanol–water partition coefficient (Wildman–Crippen LogP) is 2.14. The number of piperidine rings is 1. The van der Waals surface area contributed by atoms with Crippen molar-refractivity contribution in [2.75, 3.05) is 26.3 Å². The van der Waals surface area contributed by atoms with E-state index in [1.165, 1.54) is 32.4 Å². The van der Waals surface area contributed by atoms with Crippen molar-refractivity contribution in [2.24, 2.45) is 11.8 Å². The van der Waals surface area contributed by atoms with E-state index in [0.29, 0.717) is 0 Å². The third-order valence-electron chi connectivity index (χ3n) is 3.75. The average molecular weight is 197 g/mol. The van der Waals surface area contributed by atoms with Crippen LogP contribution >= 0.6 is 0 Å². The molecule has 0 aromatic rings. The van der Waals surface area contributed by atoms with Crippen molar-refractivity contribution in [3.8, 4) is 0 Å². The first-order valence-corrected chi connectivity index (χ1v) is 6.09. The molecule has 3 atom stereocenters. The summed E-state index contributed by atoms with van der Waals surface area (Å²) in [6.07, 6.45) is 4.06. The quantitative estimate of drug-likeness (QED) is 0.638. The number of nitrogens with zero attached hydrogens (tertiary/aromatic N) is 1. The molecule has 2 fully saturated rings. The molecule has 2 heterocycles. The Balaban J connectivity index is 1.91. The number of rotatable bonds is 1. The van der Waals surface area contributed by atoms with Crippen molar-refractivity contribution in [3.05, 3.63) is 0 Å². The van der Waals surface area contributed by atoms with Gasteiger partial charge in [0.15, 0.2) is 0 Å². The van der Waals surface area contributed by atoms with Crippen molar-refractivity contribution < 1.29 is 4.74 Å². The van der Waals surface area contributed by atoms with E-state index in [9.17, 15) is 0 Å². The van der Waals surface area contributed by atoms with E-state index in [1.54, 1.807) is 0 Å². The summed E-state index contributed by atoms with van der Waals surface area (Å²) in [6.45, 7) is 9.29. The molecule has 0 amide bonds. The Morgan fingerprint density at radius 2 is 2.07 bits per heavy atom. The lowest BCUT2D eigenvalue weighted by molar-refractivity contribution is -0.0178. The van der Waals surface area contributed by atoms with Crippen LogP contribution in [0.25, 0.3) is 0 Å². The van der Waals surface area contributed by atoms with Crippen molar-refractivity contribution >= 4 is 0 Å². The van der Waals surface area contributed by atoms with Gasteiger partial charge in [0.05, 0.1) is 6.61 Å². The minimum atomic E-state index is 0.731. The van der Waals surface area contributed by atoms with Crippen LogP contribution in [0, 0.1) is 11.8 Å². The maximum absolute atomic E-state index is 5.50. The highest BCUT2D eigenvalue weighted by Crippen LogP contribution is 2.25. The summed E-state index contributed by atoms with van der Waals surface area (Å²) in [6, 6.07) is 0.798. The fourth-order valence-corrected chi connectivity index (χ4v) is 2.94. The number of likely N-dealkylation sites (tertiary alicyclic amines) is 1. The summed E-state index contributed by atoms with van der Waals surface area (Å²) in [7, 11) is 0. The highest BCUT2D eigenvalue weighted by molar-refractivity contribution is 4.83. The summed E-state index contributed by atoms with van der Waals surface area (Å²) >= 11 is 0. The second kappa shape index (κ2) is 4.63. The molecule has 0 aromatic carbocycles. The van der Waals surface area contributed by atoms with E-state index < -0.39 is 0 Å². The van der Waals surface area contributed by atoms with Crippen LogP contribution in [0.5, 0.6) is 0 Å². The fraction of sp³-hybridized carbons (Fsp3) is 1.00. The third kappa shape index (κ3) is 2.29. The van der Waals surface area contributed by atoms with Gasteiger partial charge < -0.3 is 4.74 Å². The summed E-state index contributed by atoms with van der Waals surface area (Å²) in [4.78, 5) is 2.71. The topological polar surface area (TPSA) is 12.5 Å². The molecule has 1 unspecified atom stereocenters. The van der Waals surface area contributed by atoms with Gasteiger partial charge in [-0.15, -0.1) is 0 Å². The molecule has 0 saturated carbocycles. The Hall–Kier alpha value is -0.0800. The zero-order valence-electron chi connectivity index (χ0n) is 9.54. The Bertz CT molecular complexity index is 183. The minimum absolute atomic E-state index is 0.731. The molecule has 2 heteroatoms. The molecule has 2 rings (SSSR count). The van der Waals surface area contributed by atoms with Gasteiger partial charge in [0.25, 0.3) is 0 Å². The lowest BCUT2D eigenvalue weighted by atomic mass is 9.91. The van der Waals surface area contributed by atoms with Crippen LogP contribution < -0.4 is 0 Å². The van der Waals surface area contributed by atoms with Crippen LogP contribution in [0.2, 0.25) is 0 Å². The largest absolute Gasteiger partial charge is 0.381 e. The molecule has 0 aliphatic carbocycles. The first kappa shape index (κ1) is 10.4. The van der Waals surface area contributed by atoms with Gasteiger partial charge >= 0.3 is 0 Å². The maximum Gasteiger partial charge on any atom is 0.0506 e. The molecule has 82 valence electrons. The van der Waals surface area contributed by atoms with Gasteiger partial charge in [-0.1, -0.05) is 13.8 Å². The smallest absolute Gasteiger partial charge is 0.0506 e. The monoisotopic (exact) mass is 197 g/mol. The predicted molar refractivity (Wildman–Crippen MR) is 58.4 cm³/mol. The molecule has 14 heavy (non-hydrogen) atoms. The number of ether oxygens (including phenoxy) is 1. The summed E-state index contributed by atoms with van der Waals surface area (Å²) in [5, 5.41) is 0. The lowest BCUT2D eigenvalue weighted by Crippen LogP contribution is -2.48. The van der Waals surface area contributed by atoms with E-state index >= 15 is 0 Å². The van der Waals surface area contributed by atoms with Crippen molar-refractivity contribution in [1.82, 2.24) is 4.90 Å². The Kier molecular flexibility index (Phi) is 3.45. The summed E-state index contributed by atoms with van der Waals surface area (Å²) in [5.74, 6) is 1.63. The van der Waals surface area contributed by atoms with E-state index in [0.717, 1.165) is 31.1 Å². The SMILES string of the molecule is C[C@@H]1CCCN(C2CCOC[C@@H]2C)C1. The van der Waals surface area contributed by atoms with Crippen molar-refractivity contribution in [3.63, 3.8) is 0 Å². The van der Waals surface area contributed by atoms with Gasteiger partial charge in [-0.2, -0.15) is 0 Å². The van der Waals surface area contributed by atoms with Crippen LogP contribution in [0.4, 0.5) is 0 Å². The molecule has 0 aromatic heterocycles. The molecule has 2 saturated heterocycles. The summed E-state index contributed by atoms with van der Waals surface area (Å²) in [5.41, 5.74) is 0. The Morgan fingerprint density at radius 1 is 1.21 bits per heavy atom. The second-order valence-corrected chi connectivity index (χ2v) is 5.15. The van der Waals surface area contributed by atoms with Crippen molar-refractivity contribution in [2.45, 2.75) is 39.2 Å². The standard InChI is InChI=1S/C12H23NO/c1-10-4-3-6-13(8-10)12-5-7-14-9-11(12)2/h10-12H,3-9H2,1-2H3/t10-,11+,12?/m1/s1. The van der Waals surface area contributed by atoms with E-state index in [-0.39, 0.29) is 0 Å². The average Bonchev–Trinajstić information content (AvgIpc) is 2.18. The molecule has 0 bridgehead atoms. The van der Waals surface area contributed by atoms with Gasteiger partial charge in [0.1, 0.15) is 0 Å². The highest BCUT2D eigenvalue weighted by Gasteiger charge is 2.29. The van der Waals surface area contributed by atoms with Crippen LogP contribution in [-0.4, -0.2) is 37.2 Å². The third-order valence-corrected chi connectivity index (χ3v) is 3.75. The van der Waals surface area contributed by atoms with Crippen LogP contribution in [-0.2, 0) is 4.74 Å². The van der Waals surface area contributed by atoms with Crippen molar-refractivity contribution in [1.29, 1.82) is 0 Å². The zero-order chi connectivity index (χ0) is 9.97. The second-order valence-electron chi connectivity index (χ2n) is 5.15. The maximum atomic E-state index is 5.50. The molecule has 0 N–H and O–H groups in total. The molecule has 2 aliphatic heterocycles. The minimum Gasteiger partial charge on any atom is -0.381 e. The van der Waals surface area contributed by atoms with Gasteiger partial charge in [0.2, 0.25) is 0 Å². The van der Waals surface area contributed by atoms with Gasteiger partial charge in [-0.05, 0) is 37.6 Å². The normalized spacial score (nSPS) is 41.1. The molecular formula is C12H23NO. The molecule has 2 aliphatic rings. The Labute approximate surface area is 87.6 Å². The van der Waals surface area contributed by atoms with Crippen LogP contribution in [0.1, 0.15) is 33.1 Å². The number of hydrogen-bond donors (Lipinski definition) is 0. The van der Waals surface area contributed by atoms with E-state index in [4.69, 9.17) is 4.74 Å². The first-order valence-electron chi connectivity index (χ1n) is 6.09. The van der Waals surface area contributed by atoms with Gasteiger partial charge in [-0.25, -0.2) is 0 Å². The molecular weight excluding hydrogens is 174 g/mol. The fourth-order valence-electron chi connectivity index (χ4n) is 2.94. The molecule has 0 radical (unpaired) electrons. The van der Waals surface area contributed by atoms with E-state index in [1.807, 2.05) is 0 Å². The summed E-state index contributed by atoms with van der Waals surface area (Å²) < 4.78 is 5.50. The number of hydrogen-bond acceptors (Lipinski definition) is 2. The Morgan fingerprint density at radius 3 is 2.79 bits per heavy atom. The van der Waals surface area contributed by atoms with Crippen LogP contribution in [0.15, 0.2) is 0 Å². The highest BCUT2D eigenvalue weighted by atomic mass is 16.5. The zero-order valence-corrected chi connectivity index (χ0v) is 9.54. The molecule has 0 spiro atoms. The van der Waals surface area contributed by atoms with Gasteiger partial charge in [0, 0.05) is 19.2 Å². The van der Waals surface area contributed by atoms with Crippen LogP contribution in [0.3, 0.4) is 0 Å². The lowest BCUT2D eigenvalue weighted by Gasteiger charge is -2.42. The van der Waals surface area contributed by atoms with Gasteiger partial charge in [-0.3, -0.25) is 4.90 Å². The van der Waals surface area contributed by atoms with E-state index in [2.05, 4.69) is 18.7 Å².